The van der Waals surface area contributed by atoms with Crippen LogP contribution in [0.25, 0.3) is 0 Å². The lowest BCUT2D eigenvalue weighted by atomic mass is 10.2. The molecule has 2 heterocycles. The number of anilines is 1. The summed E-state index contributed by atoms with van der Waals surface area (Å²) >= 11 is 5.77. The van der Waals surface area contributed by atoms with Gasteiger partial charge in [0.25, 0.3) is 0 Å². The Morgan fingerprint density at radius 2 is 2.25 bits per heavy atom. The average Bonchev–Trinajstić information content (AvgIpc) is 2.74. The van der Waals surface area contributed by atoms with Crippen molar-refractivity contribution in [2.24, 2.45) is 0 Å². The Bertz CT molecular complexity index is 516. The highest BCUT2D eigenvalue weighted by molar-refractivity contribution is 6.30. The van der Waals surface area contributed by atoms with E-state index < -0.39 is 4.92 Å². The van der Waals surface area contributed by atoms with Crippen molar-refractivity contribution in [3.63, 3.8) is 0 Å². The molecular formula is C13H18ClN3O3. The van der Waals surface area contributed by atoms with Gasteiger partial charge in [-0.3, -0.25) is 10.1 Å². The van der Waals surface area contributed by atoms with Crippen LogP contribution in [0.2, 0.25) is 5.02 Å². The van der Waals surface area contributed by atoms with Crippen molar-refractivity contribution in [3.8, 4) is 0 Å². The molecule has 0 radical (unpaired) electrons. The first-order chi connectivity index (χ1) is 9.26. The van der Waals surface area contributed by atoms with Crippen molar-refractivity contribution in [1.29, 1.82) is 0 Å². The van der Waals surface area contributed by atoms with Gasteiger partial charge in [0.1, 0.15) is 0 Å². The molecule has 1 saturated heterocycles. The normalized spacial score (nSPS) is 19.4. The SMILES string of the molecule is CC(C)(C)O[C@H]1CCN(c2ncc(Cl)cc2[N+](=O)[O-])C1. The smallest absolute Gasteiger partial charge is 0.313 e. The van der Waals surface area contributed by atoms with E-state index in [1.807, 2.05) is 25.7 Å². The third-order valence-corrected chi connectivity index (χ3v) is 3.18. The molecule has 20 heavy (non-hydrogen) atoms. The maximum atomic E-state index is 11.1. The molecule has 0 aliphatic carbocycles. The Balaban J connectivity index is 2.16. The molecule has 1 aliphatic heterocycles. The van der Waals surface area contributed by atoms with Gasteiger partial charge in [0.15, 0.2) is 0 Å². The highest BCUT2D eigenvalue weighted by atomic mass is 35.5. The van der Waals surface area contributed by atoms with Gasteiger partial charge in [-0.2, -0.15) is 0 Å². The predicted molar refractivity (Wildman–Crippen MR) is 77.4 cm³/mol. The minimum Gasteiger partial charge on any atom is -0.371 e. The molecule has 1 fully saturated rings. The highest BCUT2D eigenvalue weighted by Crippen LogP contribution is 2.31. The van der Waals surface area contributed by atoms with E-state index in [1.165, 1.54) is 12.3 Å². The summed E-state index contributed by atoms with van der Waals surface area (Å²) in [5, 5.41) is 11.4. The van der Waals surface area contributed by atoms with E-state index in [9.17, 15) is 10.1 Å². The van der Waals surface area contributed by atoms with Crippen LogP contribution in [0.5, 0.6) is 0 Å². The van der Waals surface area contributed by atoms with Gasteiger partial charge in [-0.1, -0.05) is 11.6 Å². The minimum atomic E-state index is -0.452. The summed E-state index contributed by atoms with van der Waals surface area (Å²) in [4.78, 5) is 16.6. The molecule has 1 atom stereocenters. The van der Waals surface area contributed by atoms with Crippen LogP contribution in [0.15, 0.2) is 12.3 Å². The lowest BCUT2D eigenvalue weighted by Crippen LogP contribution is -2.30. The van der Waals surface area contributed by atoms with Gasteiger partial charge < -0.3 is 9.64 Å². The number of rotatable bonds is 3. The maximum Gasteiger partial charge on any atom is 0.313 e. The van der Waals surface area contributed by atoms with Gasteiger partial charge in [0, 0.05) is 25.4 Å². The second-order valence-corrected chi connectivity index (χ2v) is 6.28. The van der Waals surface area contributed by atoms with Crippen molar-refractivity contribution in [1.82, 2.24) is 4.98 Å². The van der Waals surface area contributed by atoms with Gasteiger partial charge in [-0.25, -0.2) is 4.98 Å². The monoisotopic (exact) mass is 299 g/mol. The number of nitro groups is 1. The first-order valence-corrected chi connectivity index (χ1v) is 6.87. The Kier molecular flexibility index (Phi) is 4.15. The fourth-order valence-corrected chi connectivity index (χ4v) is 2.47. The van der Waals surface area contributed by atoms with Gasteiger partial charge in [0.05, 0.1) is 21.7 Å². The third-order valence-electron chi connectivity index (χ3n) is 2.98. The lowest BCUT2D eigenvalue weighted by molar-refractivity contribution is -0.384. The molecule has 0 spiro atoms. The van der Waals surface area contributed by atoms with E-state index in [1.54, 1.807) is 0 Å². The zero-order chi connectivity index (χ0) is 14.9. The van der Waals surface area contributed by atoms with Crippen molar-refractivity contribution in [2.45, 2.75) is 38.9 Å². The van der Waals surface area contributed by atoms with Crippen molar-refractivity contribution < 1.29 is 9.66 Å². The average molecular weight is 300 g/mol. The maximum absolute atomic E-state index is 11.1. The summed E-state index contributed by atoms with van der Waals surface area (Å²) in [6.07, 6.45) is 2.33. The summed E-state index contributed by atoms with van der Waals surface area (Å²) in [6, 6.07) is 1.34. The van der Waals surface area contributed by atoms with Crippen LogP contribution in [-0.4, -0.2) is 34.7 Å². The van der Waals surface area contributed by atoms with E-state index in [2.05, 4.69) is 4.98 Å². The Morgan fingerprint density at radius 1 is 1.55 bits per heavy atom. The van der Waals surface area contributed by atoms with Crippen molar-refractivity contribution in [2.75, 3.05) is 18.0 Å². The topological polar surface area (TPSA) is 68.5 Å². The molecule has 7 heteroatoms. The fourth-order valence-electron chi connectivity index (χ4n) is 2.32. The van der Waals surface area contributed by atoms with Crippen LogP contribution in [-0.2, 0) is 4.74 Å². The Morgan fingerprint density at radius 3 is 2.85 bits per heavy atom. The zero-order valence-corrected chi connectivity index (χ0v) is 12.6. The molecule has 110 valence electrons. The first kappa shape index (κ1) is 15.0. The van der Waals surface area contributed by atoms with E-state index in [0.29, 0.717) is 18.9 Å². The molecule has 0 N–H and O–H groups in total. The molecule has 0 unspecified atom stereocenters. The second-order valence-electron chi connectivity index (χ2n) is 5.84. The molecule has 0 bridgehead atoms. The molecule has 0 amide bonds. The van der Waals surface area contributed by atoms with Crippen LogP contribution in [0.1, 0.15) is 27.2 Å². The molecule has 0 saturated carbocycles. The molecule has 1 aliphatic rings. The summed E-state index contributed by atoms with van der Waals surface area (Å²) in [5.74, 6) is 0.361. The lowest BCUT2D eigenvalue weighted by Gasteiger charge is -2.25. The number of hydrogen-bond acceptors (Lipinski definition) is 5. The van der Waals surface area contributed by atoms with Crippen LogP contribution in [0.4, 0.5) is 11.5 Å². The van der Waals surface area contributed by atoms with Gasteiger partial charge in [-0.15, -0.1) is 0 Å². The number of ether oxygens (including phenoxy) is 1. The highest BCUT2D eigenvalue weighted by Gasteiger charge is 2.31. The van der Waals surface area contributed by atoms with E-state index in [-0.39, 0.29) is 22.4 Å². The Labute approximate surface area is 122 Å². The summed E-state index contributed by atoms with van der Waals surface area (Å²) in [7, 11) is 0. The molecular weight excluding hydrogens is 282 g/mol. The van der Waals surface area contributed by atoms with Crippen LogP contribution < -0.4 is 4.90 Å². The van der Waals surface area contributed by atoms with E-state index in [0.717, 1.165) is 6.42 Å². The van der Waals surface area contributed by atoms with E-state index >= 15 is 0 Å². The van der Waals surface area contributed by atoms with E-state index in [4.69, 9.17) is 16.3 Å². The van der Waals surface area contributed by atoms with Gasteiger partial charge in [-0.05, 0) is 27.2 Å². The zero-order valence-electron chi connectivity index (χ0n) is 11.8. The minimum absolute atomic E-state index is 0.0612. The van der Waals surface area contributed by atoms with Crippen LogP contribution in [0, 0.1) is 10.1 Å². The predicted octanol–water partition coefficient (Wildman–Crippen LogP) is 3.04. The molecule has 1 aromatic rings. The number of hydrogen-bond donors (Lipinski definition) is 0. The molecule has 0 aromatic carbocycles. The third kappa shape index (κ3) is 3.58. The largest absolute Gasteiger partial charge is 0.371 e. The number of nitrogens with zero attached hydrogens (tertiary/aromatic N) is 3. The van der Waals surface area contributed by atoms with Crippen LogP contribution >= 0.6 is 11.6 Å². The molecule has 2 rings (SSSR count). The van der Waals surface area contributed by atoms with Crippen molar-refractivity contribution in [3.05, 3.63) is 27.4 Å². The van der Waals surface area contributed by atoms with Gasteiger partial charge in [0.2, 0.25) is 5.82 Å². The van der Waals surface area contributed by atoms with Crippen LogP contribution in [0.3, 0.4) is 0 Å². The summed E-state index contributed by atoms with van der Waals surface area (Å²) in [5.41, 5.74) is -0.283. The van der Waals surface area contributed by atoms with Gasteiger partial charge >= 0.3 is 5.69 Å². The molecule has 1 aromatic heterocycles. The quantitative estimate of drug-likeness (QED) is 0.634. The van der Waals surface area contributed by atoms with Crippen molar-refractivity contribution >= 4 is 23.1 Å². The number of aromatic nitrogens is 1. The Hall–Kier alpha value is -1.40. The summed E-state index contributed by atoms with van der Waals surface area (Å²) < 4.78 is 5.91. The standard InChI is InChI=1S/C13H18ClN3O3/c1-13(2,3)20-10-4-5-16(8-10)12-11(17(18)19)6-9(14)7-15-12/h6-7,10H,4-5,8H2,1-3H3/t10-/m0/s1. The molecule has 6 nitrogen and oxygen atoms in total. The summed E-state index contributed by atoms with van der Waals surface area (Å²) in [6.45, 7) is 7.29. The number of pyridine rings is 1. The second kappa shape index (κ2) is 5.54. The first-order valence-electron chi connectivity index (χ1n) is 6.49. The number of halogens is 1. The fraction of sp³-hybridized carbons (Fsp3) is 0.615.